The van der Waals surface area contributed by atoms with Crippen molar-refractivity contribution >= 4 is 57.8 Å². The van der Waals surface area contributed by atoms with Gasteiger partial charge in [0.05, 0.1) is 11.4 Å². The number of carbonyl (C=O) groups excluding carboxylic acids is 2. The lowest BCUT2D eigenvalue weighted by Crippen LogP contribution is -2.11. The van der Waals surface area contributed by atoms with Crippen LogP contribution >= 0.6 is 23.2 Å². The van der Waals surface area contributed by atoms with E-state index < -0.39 is 0 Å². The van der Waals surface area contributed by atoms with Crippen LogP contribution in [0.2, 0.25) is 0 Å². The average Bonchev–Trinajstić information content (AvgIpc) is 2.93. The van der Waals surface area contributed by atoms with E-state index in [4.69, 9.17) is 23.2 Å². The highest BCUT2D eigenvalue weighted by Crippen LogP contribution is 2.22. The van der Waals surface area contributed by atoms with Crippen molar-refractivity contribution in [2.45, 2.75) is 11.8 Å². The Labute approximate surface area is 219 Å². The fraction of sp³-hybridized carbons (Fsp3) is 0.0714. The lowest BCUT2D eigenvalue weighted by molar-refractivity contribution is 0.101. The molecule has 0 atom stereocenters. The summed E-state index contributed by atoms with van der Waals surface area (Å²) in [5, 5.41) is 14.2. The Bertz CT molecular complexity index is 1250. The van der Waals surface area contributed by atoms with Gasteiger partial charge in [0.25, 0.3) is 11.8 Å². The van der Waals surface area contributed by atoms with Gasteiger partial charge in [0.1, 0.15) is 0 Å². The van der Waals surface area contributed by atoms with Crippen molar-refractivity contribution in [1.29, 1.82) is 0 Å². The van der Waals surface area contributed by atoms with Crippen molar-refractivity contribution in [3.63, 3.8) is 0 Å². The molecule has 0 aliphatic carbocycles. The highest BCUT2D eigenvalue weighted by molar-refractivity contribution is 6.17. The van der Waals surface area contributed by atoms with Crippen LogP contribution in [0.15, 0.2) is 107 Å². The summed E-state index contributed by atoms with van der Waals surface area (Å²) in [7, 11) is 0. The van der Waals surface area contributed by atoms with E-state index in [0.717, 1.165) is 11.1 Å². The molecule has 0 aliphatic rings. The molecule has 0 aromatic heterocycles. The number of anilines is 2. The van der Waals surface area contributed by atoms with Gasteiger partial charge in [0.2, 0.25) is 0 Å². The second-order valence-electron chi connectivity index (χ2n) is 7.86. The molecule has 8 heteroatoms. The monoisotopic (exact) mass is 516 g/mol. The van der Waals surface area contributed by atoms with E-state index in [1.165, 1.54) is 0 Å². The van der Waals surface area contributed by atoms with Crippen molar-refractivity contribution < 1.29 is 9.59 Å². The minimum Gasteiger partial charge on any atom is -0.322 e. The largest absolute Gasteiger partial charge is 0.322 e. The number of alkyl halides is 2. The third-order valence-electron chi connectivity index (χ3n) is 5.27. The van der Waals surface area contributed by atoms with E-state index in [0.29, 0.717) is 45.6 Å². The number of halogens is 2. The molecule has 0 fully saturated rings. The van der Waals surface area contributed by atoms with Crippen molar-refractivity contribution in [3.05, 3.63) is 119 Å². The minimum atomic E-state index is -0.204. The lowest BCUT2D eigenvalue weighted by Gasteiger charge is -2.06. The fourth-order valence-electron chi connectivity index (χ4n) is 3.24. The molecule has 0 aliphatic heterocycles. The first-order valence-corrected chi connectivity index (χ1v) is 12.2. The van der Waals surface area contributed by atoms with E-state index >= 15 is 0 Å². The number of rotatable bonds is 8. The molecular formula is C28H22Cl2N4O2. The molecule has 0 radical (unpaired) electrons. The fourth-order valence-corrected chi connectivity index (χ4v) is 3.59. The summed E-state index contributed by atoms with van der Waals surface area (Å²) in [5.41, 5.74) is 5.59. The highest BCUT2D eigenvalue weighted by atomic mass is 35.5. The van der Waals surface area contributed by atoms with Crippen molar-refractivity contribution in [1.82, 2.24) is 0 Å². The maximum atomic E-state index is 12.4. The number of azo groups is 1. The standard InChI is InChI=1S/C28H22Cl2N4O2/c29-17-19-1-5-21(6-2-19)27(35)31-23-9-13-25(14-10-23)33-34-26-15-11-24(12-16-26)32-28(36)22-7-3-20(18-30)4-8-22/h1-16H,17-18H2,(H,31,35)(H,32,36)/b34-33+. The van der Waals surface area contributed by atoms with E-state index in [9.17, 15) is 9.59 Å². The molecule has 180 valence electrons. The number of nitrogens with one attached hydrogen (secondary N) is 2. The first-order chi connectivity index (χ1) is 17.5. The SMILES string of the molecule is O=C(Nc1ccc(/N=N/c2ccc(NC(=O)c3ccc(CCl)cc3)cc2)cc1)c1ccc(CCl)cc1. The van der Waals surface area contributed by atoms with E-state index in [2.05, 4.69) is 20.9 Å². The molecule has 36 heavy (non-hydrogen) atoms. The summed E-state index contributed by atoms with van der Waals surface area (Å²) >= 11 is 11.6. The summed E-state index contributed by atoms with van der Waals surface area (Å²) in [6, 6.07) is 28.4. The molecule has 2 N–H and O–H groups in total. The van der Waals surface area contributed by atoms with Gasteiger partial charge in [-0.25, -0.2) is 0 Å². The molecule has 6 nitrogen and oxygen atoms in total. The van der Waals surface area contributed by atoms with Gasteiger partial charge in [0.15, 0.2) is 0 Å². The third-order valence-corrected chi connectivity index (χ3v) is 5.89. The number of benzene rings is 4. The molecule has 0 saturated heterocycles. The highest BCUT2D eigenvalue weighted by Gasteiger charge is 2.07. The summed E-state index contributed by atoms with van der Waals surface area (Å²) < 4.78 is 0. The Morgan fingerprint density at radius 3 is 1.17 bits per heavy atom. The van der Waals surface area contributed by atoms with Gasteiger partial charge in [-0.1, -0.05) is 24.3 Å². The van der Waals surface area contributed by atoms with Crippen LogP contribution in [0.5, 0.6) is 0 Å². The van der Waals surface area contributed by atoms with Crippen LogP contribution in [0.25, 0.3) is 0 Å². The van der Waals surface area contributed by atoms with Crippen molar-refractivity contribution in [2.75, 3.05) is 10.6 Å². The Hall–Kier alpha value is -4.00. The molecule has 0 heterocycles. The normalized spacial score (nSPS) is 10.8. The lowest BCUT2D eigenvalue weighted by atomic mass is 10.1. The van der Waals surface area contributed by atoms with Crippen LogP contribution in [0, 0.1) is 0 Å². The molecule has 4 aromatic carbocycles. The maximum Gasteiger partial charge on any atom is 0.255 e. The first kappa shape index (κ1) is 25.1. The van der Waals surface area contributed by atoms with Gasteiger partial charge in [-0.05, 0) is 83.9 Å². The quantitative estimate of drug-likeness (QED) is 0.183. The Morgan fingerprint density at radius 1 is 0.528 bits per heavy atom. The summed E-state index contributed by atoms with van der Waals surface area (Å²) in [5.74, 6) is 0.405. The van der Waals surface area contributed by atoms with Crippen LogP contribution in [0.1, 0.15) is 31.8 Å². The van der Waals surface area contributed by atoms with Gasteiger partial charge in [-0.2, -0.15) is 10.2 Å². The molecule has 2 amide bonds. The van der Waals surface area contributed by atoms with Crippen LogP contribution in [-0.4, -0.2) is 11.8 Å². The zero-order chi connectivity index (χ0) is 25.3. The Kier molecular flexibility index (Phi) is 8.44. The minimum absolute atomic E-state index is 0.204. The van der Waals surface area contributed by atoms with E-state index in [-0.39, 0.29) is 11.8 Å². The first-order valence-electron chi connectivity index (χ1n) is 11.1. The predicted molar refractivity (Wildman–Crippen MR) is 145 cm³/mol. The van der Waals surface area contributed by atoms with Crippen molar-refractivity contribution in [2.24, 2.45) is 10.2 Å². The molecule has 0 bridgehead atoms. The van der Waals surface area contributed by atoms with Crippen LogP contribution < -0.4 is 10.6 Å². The zero-order valence-corrected chi connectivity index (χ0v) is 20.6. The molecule has 4 rings (SSSR count). The number of hydrogen-bond donors (Lipinski definition) is 2. The van der Waals surface area contributed by atoms with Gasteiger partial charge < -0.3 is 10.6 Å². The van der Waals surface area contributed by atoms with Gasteiger partial charge in [0, 0.05) is 34.3 Å². The molecule has 0 spiro atoms. The Balaban J connectivity index is 1.31. The van der Waals surface area contributed by atoms with Gasteiger partial charge in [-0.3, -0.25) is 9.59 Å². The molecular weight excluding hydrogens is 495 g/mol. The molecule has 4 aromatic rings. The zero-order valence-electron chi connectivity index (χ0n) is 19.1. The van der Waals surface area contributed by atoms with Crippen LogP contribution in [0.3, 0.4) is 0 Å². The van der Waals surface area contributed by atoms with Gasteiger partial charge >= 0.3 is 0 Å². The third kappa shape index (κ3) is 6.78. The number of nitrogens with zero attached hydrogens (tertiary/aromatic N) is 2. The number of hydrogen-bond acceptors (Lipinski definition) is 4. The summed E-state index contributed by atoms with van der Waals surface area (Å²) in [6.07, 6.45) is 0. The topological polar surface area (TPSA) is 82.9 Å². The average molecular weight is 517 g/mol. The molecule has 0 unspecified atom stereocenters. The number of amides is 2. The number of carbonyl (C=O) groups is 2. The maximum absolute atomic E-state index is 12.4. The summed E-state index contributed by atoms with van der Waals surface area (Å²) in [4.78, 5) is 24.8. The van der Waals surface area contributed by atoms with Crippen LogP contribution in [0.4, 0.5) is 22.7 Å². The second-order valence-corrected chi connectivity index (χ2v) is 8.40. The van der Waals surface area contributed by atoms with Gasteiger partial charge in [-0.15, -0.1) is 23.2 Å². The smallest absolute Gasteiger partial charge is 0.255 e. The van der Waals surface area contributed by atoms with Crippen LogP contribution in [-0.2, 0) is 11.8 Å². The molecule has 0 saturated carbocycles. The predicted octanol–water partition coefficient (Wildman–Crippen LogP) is 8.08. The van der Waals surface area contributed by atoms with E-state index in [1.807, 2.05) is 24.3 Å². The Morgan fingerprint density at radius 2 is 0.861 bits per heavy atom. The summed E-state index contributed by atoms with van der Waals surface area (Å²) in [6.45, 7) is 0. The second kappa shape index (κ2) is 12.1. The van der Waals surface area contributed by atoms with Crippen molar-refractivity contribution in [3.8, 4) is 0 Å². The van der Waals surface area contributed by atoms with E-state index in [1.54, 1.807) is 72.8 Å².